The summed E-state index contributed by atoms with van der Waals surface area (Å²) < 4.78 is 12.3. The standard InChI is InChI=1S/C28H36NO2S/c1-29(2,3)19-20-30-21-22-31-23-24-32-28(25-13-7-4-8-14-25,26-15-9-5-10-16-26)27-17-11-6-12-18-27/h4-18H,19-24H2,1-3H3/q+1. The lowest BCUT2D eigenvalue weighted by atomic mass is 9.84. The minimum absolute atomic E-state index is 0.283. The smallest absolute Gasteiger partial charge is 0.102 e. The van der Waals surface area contributed by atoms with E-state index < -0.39 is 0 Å². The van der Waals surface area contributed by atoms with E-state index in [1.807, 2.05) is 11.8 Å². The van der Waals surface area contributed by atoms with Crippen LogP contribution >= 0.6 is 11.8 Å². The van der Waals surface area contributed by atoms with E-state index in [0.717, 1.165) is 23.4 Å². The predicted octanol–water partition coefficient (Wildman–Crippen LogP) is 5.45. The molecule has 0 spiro atoms. The van der Waals surface area contributed by atoms with Crippen LogP contribution in [0.4, 0.5) is 0 Å². The Morgan fingerprint density at radius 2 is 1.00 bits per heavy atom. The molecule has 32 heavy (non-hydrogen) atoms. The number of benzene rings is 3. The topological polar surface area (TPSA) is 18.5 Å². The Balaban J connectivity index is 1.68. The number of quaternary nitrogens is 1. The molecule has 0 fully saturated rings. The summed E-state index contributed by atoms with van der Waals surface area (Å²) >= 11 is 1.93. The summed E-state index contributed by atoms with van der Waals surface area (Å²) in [5.41, 5.74) is 3.85. The molecule has 0 N–H and O–H groups in total. The Labute approximate surface area is 198 Å². The van der Waals surface area contributed by atoms with Crippen LogP contribution in [0.5, 0.6) is 0 Å². The van der Waals surface area contributed by atoms with Gasteiger partial charge < -0.3 is 14.0 Å². The first-order valence-corrected chi connectivity index (χ1v) is 12.3. The summed E-state index contributed by atoms with van der Waals surface area (Å²) in [6.45, 7) is 3.74. The van der Waals surface area contributed by atoms with Crippen molar-refractivity contribution >= 4 is 11.8 Å². The molecule has 0 heterocycles. The number of nitrogens with zero attached hydrogens (tertiary/aromatic N) is 1. The maximum Gasteiger partial charge on any atom is 0.102 e. The Hall–Kier alpha value is -2.11. The molecule has 0 saturated carbocycles. The molecule has 4 heteroatoms. The third-order valence-corrected chi connectivity index (χ3v) is 6.88. The van der Waals surface area contributed by atoms with Crippen LogP contribution in [0.25, 0.3) is 0 Å². The van der Waals surface area contributed by atoms with Crippen molar-refractivity contribution in [3.63, 3.8) is 0 Å². The number of hydrogen-bond acceptors (Lipinski definition) is 3. The number of ether oxygens (including phenoxy) is 2. The highest BCUT2D eigenvalue weighted by Gasteiger charge is 2.36. The van der Waals surface area contributed by atoms with Gasteiger partial charge in [0.2, 0.25) is 0 Å². The van der Waals surface area contributed by atoms with Crippen LogP contribution in [-0.4, -0.2) is 64.4 Å². The number of rotatable bonds is 13. The van der Waals surface area contributed by atoms with Crippen LogP contribution in [0.3, 0.4) is 0 Å². The molecular formula is C28H36NO2S+. The van der Waals surface area contributed by atoms with Crippen molar-refractivity contribution in [3.05, 3.63) is 108 Å². The maximum absolute atomic E-state index is 5.92. The van der Waals surface area contributed by atoms with Gasteiger partial charge in [-0.1, -0.05) is 91.0 Å². The third kappa shape index (κ3) is 6.94. The molecule has 0 aliphatic carbocycles. The fourth-order valence-corrected chi connectivity index (χ4v) is 5.10. The van der Waals surface area contributed by atoms with Gasteiger partial charge in [0.25, 0.3) is 0 Å². The molecule has 0 aliphatic heterocycles. The van der Waals surface area contributed by atoms with Gasteiger partial charge in [0.05, 0.1) is 52.3 Å². The zero-order valence-corrected chi connectivity index (χ0v) is 20.4. The summed E-state index contributed by atoms with van der Waals surface area (Å²) in [4.78, 5) is 0. The average molecular weight is 451 g/mol. The van der Waals surface area contributed by atoms with Gasteiger partial charge >= 0.3 is 0 Å². The lowest BCUT2D eigenvalue weighted by Crippen LogP contribution is -2.37. The van der Waals surface area contributed by atoms with E-state index in [0.29, 0.717) is 19.8 Å². The van der Waals surface area contributed by atoms with Gasteiger partial charge in [-0.2, -0.15) is 0 Å². The van der Waals surface area contributed by atoms with Crippen LogP contribution in [0.15, 0.2) is 91.0 Å². The highest BCUT2D eigenvalue weighted by Crippen LogP contribution is 2.48. The van der Waals surface area contributed by atoms with Crippen LogP contribution in [0.2, 0.25) is 0 Å². The zero-order valence-electron chi connectivity index (χ0n) is 19.6. The number of hydrogen-bond donors (Lipinski definition) is 0. The van der Waals surface area contributed by atoms with Gasteiger partial charge in [0, 0.05) is 5.75 Å². The average Bonchev–Trinajstić information content (AvgIpc) is 2.82. The summed E-state index contributed by atoms with van der Waals surface area (Å²) in [6, 6.07) is 32.4. The van der Waals surface area contributed by atoms with Gasteiger partial charge in [-0.15, -0.1) is 11.8 Å². The lowest BCUT2D eigenvalue weighted by Gasteiger charge is -2.35. The van der Waals surface area contributed by atoms with Gasteiger partial charge in [0.15, 0.2) is 0 Å². The van der Waals surface area contributed by atoms with Crippen LogP contribution in [0.1, 0.15) is 16.7 Å². The highest BCUT2D eigenvalue weighted by molar-refractivity contribution is 8.00. The molecule has 3 rings (SSSR count). The van der Waals surface area contributed by atoms with E-state index in [1.165, 1.54) is 16.7 Å². The maximum atomic E-state index is 5.92. The molecule has 0 amide bonds. The van der Waals surface area contributed by atoms with Crippen LogP contribution < -0.4 is 0 Å². The molecule has 3 aromatic rings. The van der Waals surface area contributed by atoms with Gasteiger partial charge in [0.1, 0.15) is 6.54 Å². The molecule has 0 aromatic heterocycles. The molecule has 3 aromatic carbocycles. The van der Waals surface area contributed by atoms with Crippen molar-refractivity contribution in [2.45, 2.75) is 4.75 Å². The molecule has 0 aliphatic rings. The minimum atomic E-state index is -0.283. The summed E-state index contributed by atoms with van der Waals surface area (Å²) in [7, 11) is 6.53. The van der Waals surface area contributed by atoms with Crippen molar-refractivity contribution in [1.82, 2.24) is 0 Å². The quantitative estimate of drug-likeness (QED) is 0.196. The molecule has 3 nitrogen and oxygen atoms in total. The van der Waals surface area contributed by atoms with Crippen molar-refractivity contribution in [1.29, 1.82) is 0 Å². The second-order valence-corrected chi connectivity index (χ2v) is 10.2. The number of thioether (sulfide) groups is 1. The Morgan fingerprint density at radius 1 is 0.594 bits per heavy atom. The summed E-state index contributed by atoms with van der Waals surface area (Å²) in [5, 5.41) is 0. The lowest BCUT2D eigenvalue weighted by molar-refractivity contribution is -0.870. The molecular weight excluding hydrogens is 414 g/mol. The summed E-state index contributed by atoms with van der Waals surface area (Å²) in [6.07, 6.45) is 0. The molecule has 0 unspecified atom stereocenters. The van der Waals surface area contributed by atoms with Crippen molar-refractivity contribution in [3.8, 4) is 0 Å². The summed E-state index contributed by atoms with van der Waals surface area (Å²) in [5.74, 6) is 0.886. The van der Waals surface area contributed by atoms with Crippen LogP contribution in [0, 0.1) is 0 Å². The second-order valence-electron chi connectivity index (χ2n) is 8.87. The van der Waals surface area contributed by atoms with E-state index in [9.17, 15) is 0 Å². The molecule has 0 radical (unpaired) electrons. The SMILES string of the molecule is C[N+](C)(C)CCOCCOCCSC(c1ccccc1)(c1ccccc1)c1ccccc1. The van der Waals surface area contributed by atoms with Gasteiger partial charge in [-0.25, -0.2) is 0 Å². The van der Waals surface area contributed by atoms with Gasteiger partial charge in [-0.3, -0.25) is 0 Å². The minimum Gasteiger partial charge on any atom is -0.378 e. The van der Waals surface area contributed by atoms with Crippen molar-refractivity contribution < 1.29 is 14.0 Å². The largest absolute Gasteiger partial charge is 0.378 e. The van der Waals surface area contributed by atoms with Crippen LogP contribution in [-0.2, 0) is 14.2 Å². The van der Waals surface area contributed by atoms with Crippen molar-refractivity contribution in [2.75, 3.05) is 59.9 Å². The highest BCUT2D eigenvalue weighted by atomic mass is 32.2. The van der Waals surface area contributed by atoms with E-state index >= 15 is 0 Å². The monoisotopic (exact) mass is 450 g/mol. The normalized spacial score (nSPS) is 12.1. The predicted molar refractivity (Wildman–Crippen MR) is 136 cm³/mol. The van der Waals surface area contributed by atoms with Crippen molar-refractivity contribution in [2.24, 2.45) is 0 Å². The van der Waals surface area contributed by atoms with E-state index in [4.69, 9.17) is 9.47 Å². The first-order valence-electron chi connectivity index (χ1n) is 11.3. The van der Waals surface area contributed by atoms with Gasteiger partial charge in [-0.05, 0) is 16.7 Å². The van der Waals surface area contributed by atoms with E-state index in [1.54, 1.807) is 0 Å². The second kappa shape index (κ2) is 12.2. The Bertz CT molecular complexity index is 798. The molecule has 0 bridgehead atoms. The Morgan fingerprint density at radius 3 is 1.41 bits per heavy atom. The molecule has 0 saturated heterocycles. The first kappa shape index (κ1) is 24.5. The fourth-order valence-electron chi connectivity index (χ4n) is 3.68. The zero-order chi connectivity index (χ0) is 22.7. The number of likely N-dealkylation sites (N-methyl/N-ethyl adjacent to an activating group) is 1. The third-order valence-electron chi connectivity index (χ3n) is 5.37. The van der Waals surface area contributed by atoms with E-state index in [2.05, 4.69) is 112 Å². The van der Waals surface area contributed by atoms with E-state index in [-0.39, 0.29) is 4.75 Å². The molecule has 170 valence electrons. The first-order chi connectivity index (χ1) is 15.5. The molecule has 0 atom stereocenters. The fraction of sp³-hybridized carbons (Fsp3) is 0.357. The Kier molecular flexibility index (Phi) is 9.36.